The lowest BCUT2D eigenvalue weighted by Crippen LogP contribution is -2.44. The van der Waals surface area contributed by atoms with Crippen LogP contribution in [-0.4, -0.2) is 27.5 Å². The zero-order chi connectivity index (χ0) is 17.4. The zero-order valence-electron chi connectivity index (χ0n) is 13.2. The Balaban J connectivity index is 1.42. The number of allylic oxidation sites excluding steroid dienone is 4. The molecular weight excluding hydrogens is 471 g/mol. The summed E-state index contributed by atoms with van der Waals surface area (Å²) in [4.78, 5) is 4.71. The predicted molar refractivity (Wildman–Crippen MR) is 108 cm³/mol. The summed E-state index contributed by atoms with van der Waals surface area (Å²) < 4.78 is 0.835. The van der Waals surface area contributed by atoms with Crippen molar-refractivity contribution in [3.63, 3.8) is 0 Å². The van der Waals surface area contributed by atoms with Gasteiger partial charge in [-0.2, -0.15) is 5.10 Å². The van der Waals surface area contributed by atoms with Crippen LogP contribution < -0.4 is 16.0 Å². The average Bonchev–Trinajstić information content (AvgIpc) is 3.33. The van der Waals surface area contributed by atoms with Crippen molar-refractivity contribution in [1.82, 2.24) is 20.8 Å². The number of nitrogens with zero attached hydrogens (tertiary/aromatic N) is 2. The number of aliphatic imine (C=N–C) groups is 1. The molecule has 0 amide bonds. The first-order chi connectivity index (χ1) is 12.1. The van der Waals surface area contributed by atoms with Gasteiger partial charge in [0.2, 0.25) is 0 Å². The molecule has 6 nitrogen and oxygen atoms in total. The van der Waals surface area contributed by atoms with Crippen LogP contribution >= 0.6 is 43.5 Å². The van der Waals surface area contributed by atoms with Gasteiger partial charge in [-0.3, -0.25) is 5.10 Å². The lowest BCUT2D eigenvalue weighted by Gasteiger charge is -2.26. The number of rotatable bonds is 5. The SMILES string of the molecule is ClC1=C(NC2N=CC(Br)=C(Nc3cc(C4CC4)[nH]n3)N2)C=CC(Br)C1. The van der Waals surface area contributed by atoms with Gasteiger partial charge in [0.15, 0.2) is 12.1 Å². The van der Waals surface area contributed by atoms with E-state index in [1.807, 2.05) is 6.08 Å². The molecule has 2 aliphatic carbocycles. The van der Waals surface area contributed by atoms with E-state index in [9.17, 15) is 0 Å². The summed E-state index contributed by atoms with van der Waals surface area (Å²) in [6.45, 7) is 0. The molecule has 25 heavy (non-hydrogen) atoms. The van der Waals surface area contributed by atoms with Crippen LogP contribution in [0.3, 0.4) is 0 Å². The standard InChI is InChI=1S/C16H17Br2ClN6/c17-9-3-4-12(11(19)5-9)21-16-20-7-10(18)15(23-16)22-14-6-13(24-25-14)8-1-2-8/h3-4,6-9,16,21,23H,1-2,5H2,(H2,22,24,25). The molecule has 0 aromatic carbocycles. The highest BCUT2D eigenvalue weighted by atomic mass is 79.9. The second kappa shape index (κ2) is 7.17. The lowest BCUT2D eigenvalue weighted by atomic mass is 10.1. The lowest BCUT2D eigenvalue weighted by molar-refractivity contribution is 0.523. The molecule has 2 unspecified atom stereocenters. The van der Waals surface area contributed by atoms with Crippen molar-refractivity contribution in [2.24, 2.45) is 4.99 Å². The number of nitrogens with one attached hydrogen (secondary N) is 4. The third-order valence-electron chi connectivity index (χ3n) is 4.16. The number of hydrogen-bond acceptors (Lipinski definition) is 5. The summed E-state index contributed by atoms with van der Waals surface area (Å²) in [5, 5.41) is 18.1. The molecule has 0 radical (unpaired) electrons. The minimum absolute atomic E-state index is 0.278. The Morgan fingerprint density at radius 2 is 2.16 bits per heavy atom. The highest BCUT2D eigenvalue weighted by Gasteiger charge is 2.26. The highest BCUT2D eigenvalue weighted by Crippen LogP contribution is 2.39. The molecule has 1 saturated carbocycles. The fraction of sp³-hybridized carbons (Fsp3) is 0.375. The molecule has 2 atom stereocenters. The van der Waals surface area contributed by atoms with Gasteiger partial charge in [0.1, 0.15) is 5.82 Å². The van der Waals surface area contributed by atoms with Gasteiger partial charge in [0.25, 0.3) is 0 Å². The van der Waals surface area contributed by atoms with Gasteiger partial charge in [0, 0.05) is 40.2 Å². The largest absolute Gasteiger partial charge is 0.346 e. The molecule has 4 rings (SSSR count). The molecular formula is C16H17Br2ClN6. The van der Waals surface area contributed by atoms with Gasteiger partial charge in [-0.15, -0.1) is 0 Å². The summed E-state index contributed by atoms with van der Waals surface area (Å²) in [5.74, 6) is 2.23. The van der Waals surface area contributed by atoms with Gasteiger partial charge >= 0.3 is 0 Å². The predicted octanol–water partition coefficient (Wildman–Crippen LogP) is 3.98. The maximum atomic E-state index is 6.34. The molecule has 0 saturated heterocycles. The van der Waals surface area contributed by atoms with E-state index < -0.39 is 0 Å². The van der Waals surface area contributed by atoms with Crippen molar-refractivity contribution in [1.29, 1.82) is 0 Å². The number of aromatic nitrogens is 2. The summed E-state index contributed by atoms with van der Waals surface area (Å²) in [6.07, 6.45) is 8.73. The van der Waals surface area contributed by atoms with Crippen molar-refractivity contribution in [2.75, 3.05) is 5.32 Å². The molecule has 0 bridgehead atoms. The maximum Gasteiger partial charge on any atom is 0.195 e. The second-order valence-electron chi connectivity index (χ2n) is 6.20. The van der Waals surface area contributed by atoms with E-state index in [4.69, 9.17) is 11.6 Å². The summed E-state index contributed by atoms with van der Waals surface area (Å²) in [5.41, 5.74) is 2.06. The van der Waals surface area contributed by atoms with Crippen LogP contribution in [0.5, 0.6) is 0 Å². The molecule has 1 aromatic rings. The summed E-state index contributed by atoms with van der Waals surface area (Å²) >= 11 is 13.4. The summed E-state index contributed by atoms with van der Waals surface area (Å²) in [6, 6.07) is 2.06. The number of halogens is 3. The van der Waals surface area contributed by atoms with Crippen LogP contribution in [0.25, 0.3) is 0 Å². The third kappa shape index (κ3) is 4.12. The van der Waals surface area contributed by atoms with Crippen molar-refractivity contribution < 1.29 is 0 Å². The number of hydrogen-bond donors (Lipinski definition) is 4. The minimum Gasteiger partial charge on any atom is -0.346 e. The average molecular weight is 489 g/mol. The number of H-pyrrole nitrogens is 1. The van der Waals surface area contributed by atoms with E-state index in [0.29, 0.717) is 5.92 Å². The van der Waals surface area contributed by atoms with E-state index in [2.05, 4.69) is 75.1 Å². The van der Waals surface area contributed by atoms with E-state index in [1.165, 1.54) is 18.5 Å². The smallest absolute Gasteiger partial charge is 0.195 e. The Morgan fingerprint density at radius 3 is 2.92 bits per heavy atom. The topological polar surface area (TPSA) is 77.1 Å². The number of aromatic amines is 1. The Hall–Kier alpha value is -1.25. The monoisotopic (exact) mass is 486 g/mol. The summed E-state index contributed by atoms with van der Waals surface area (Å²) in [7, 11) is 0. The quantitative estimate of drug-likeness (QED) is 0.473. The molecule has 1 aromatic heterocycles. The number of anilines is 1. The molecule has 132 valence electrons. The van der Waals surface area contributed by atoms with Gasteiger partial charge in [-0.05, 0) is 34.8 Å². The molecule has 3 aliphatic rings. The van der Waals surface area contributed by atoms with Crippen molar-refractivity contribution in [3.05, 3.63) is 44.9 Å². The first-order valence-electron chi connectivity index (χ1n) is 8.08. The Kier molecular flexibility index (Phi) is 4.92. The van der Waals surface area contributed by atoms with E-state index in [1.54, 1.807) is 6.21 Å². The Bertz CT molecular complexity index is 792. The van der Waals surface area contributed by atoms with E-state index in [0.717, 1.165) is 33.3 Å². The fourth-order valence-electron chi connectivity index (χ4n) is 2.66. The third-order valence-corrected chi connectivity index (χ3v) is 5.74. The maximum absolute atomic E-state index is 6.34. The minimum atomic E-state index is -0.314. The molecule has 2 heterocycles. The van der Waals surface area contributed by atoms with Crippen LogP contribution in [0, 0.1) is 0 Å². The van der Waals surface area contributed by atoms with E-state index in [-0.39, 0.29) is 11.1 Å². The molecule has 9 heteroatoms. The molecule has 1 fully saturated rings. The zero-order valence-corrected chi connectivity index (χ0v) is 17.1. The Labute approximate surface area is 167 Å². The van der Waals surface area contributed by atoms with E-state index >= 15 is 0 Å². The molecule has 4 N–H and O–H groups in total. The first-order valence-corrected chi connectivity index (χ1v) is 10.2. The Morgan fingerprint density at radius 1 is 1.32 bits per heavy atom. The number of alkyl halides is 1. The van der Waals surface area contributed by atoms with Crippen LogP contribution in [0.15, 0.2) is 44.2 Å². The van der Waals surface area contributed by atoms with Crippen LogP contribution in [0.1, 0.15) is 30.9 Å². The molecule has 0 spiro atoms. The van der Waals surface area contributed by atoms with Gasteiger partial charge in [-0.1, -0.05) is 33.6 Å². The van der Waals surface area contributed by atoms with Crippen molar-refractivity contribution in [2.45, 2.75) is 36.3 Å². The fourth-order valence-corrected chi connectivity index (χ4v) is 3.94. The highest BCUT2D eigenvalue weighted by molar-refractivity contribution is 9.12. The van der Waals surface area contributed by atoms with Crippen molar-refractivity contribution >= 4 is 55.5 Å². The van der Waals surface area contributed by atoms with Crippen LogP contribution in [0.2, 0.25) is 0 Å². The molecule has 1 aliphatic heterocycles. The van der Waals surface area contributed by atoms with Gasteiger partial charge in [-0.25, -0.2) is 4.99 Å². The van der Waals surface area contributed by atoms with Crippen LogP contribution in [0.4, 0.5) is 5.82 Å². The first kappa shape index (κ1) is 17.2. The van der Waals surface area contributed by atoms with Crippen LogP contribution in [-0.2, 0) is 0 Å². The second-order valence-corrected chi connectivity index (χ2v) is 8.68. The normalized spacial score (nSPS) is 26.0. The van der Waals surface area contributed by atoms with Gasteiger partial charge in [0.05, 0.1) is 10.2 Å². The van der Waals surface area contributed by atoms with Gasteiger partial charge < -0.3 is 16.0 Å². The van der Waals surface area contributed by atoms with Crippen molar-refractivity contribution in [3.8, 4) is 0 Å².